The maximum atomic E-state index is 12.0. The fraction of sp³-hybridized carbons (Fsp3) is 0.769. The Morgan fingerprint density at radius 1 is 1.05 bits per heavy atom. The van der Waals surface area contributed by atoms with Gasteiger partial charge in [-0.05, 0) is 45.3 Å². The number of halogens is 1. The van der Waals surface area contributed by atoms with Crippen LogP contribution in [0.3, 0.4) is 0 Å². The van der Waals surface area contributed by atoms with Crippen LogP contribution in [0.4, 0.5) is 4.79 Å². The Labute approximate surface area is 125 Å². The summed E-state index contributed by atoms with van der Waals surface area (Å²) in [7, 11) is 0. The summed E-state index contributed by atoms with van der Waals surface area (Å²) in [6.45, 7) is 4.60. The van der Waals surface area contributed by atoms with Gasteiger partial charge in [0.25, 0.3) is 0 Å². The first-order chi connectivity index (χ1) is 9.08. The third-order valence-corrected chi connectivity index (χ3v) is 4.23. The van der Waals surface area contributed by atoms with E-state index in [4.69, 9.17) is 0 Å². The number of nitrogens with one attached hydrogen (secondary N) is 2. The van der Waals surface area contributed by atoms with Gasteiger partial charge in [-0.2, -0.15) is 0 Å². The average Bonchev–Trinajstić information content (AvgIpc) is 2.39. The summed E-state index contributed by atoms with van der Waals surface area (Å²) in [6.07, 6.45) is 4.48. The van der Waals surface area contributed by atoms with Crippen molar-refractivity contribution in [2.45, 2.75) is 39.0 Å². The molecule has 0 aromatic heterocycles. The zero-order valence-corrected chi connectivity index (χ0v) is 12.6. The van der Waals surface area contributed by atoms with Crippen LogP contribution in [-0.2, 0) is 9.59 Å². The lowest BCUT2D eigenvalue weighted by Crippen LogP contribution is -2.62. The van der Waals surface area contributed by atoms with Crippen molar-refractivity contribution >= 4 is 30.3 Å². The summed E-state index contributed by atoms with van der Waals surface area (Å²) in [5, 5.41) is 4.42. The summed E-state index contributed by atoms with van der Waals surface area (Å²) in [5.41, 5.74) is -1.09. The second-order valence-electron chi connectivity index (χ2n) is 5.33. The summed E-state index contributed by atoms with van der Waals surface area (Å²) in [5.74, 6) is -0.915. The van der Waals surface area contributed by atoms with Crippen LogP contribution in [0, 0.1) is 5.41 Å². The Balaban J connectivity index is 0.00000200. The van der Waals surface area contributed by atoms with Gasteiger partial charge in [-0.3, -0.25) is 20.2 Å². The molecule has 0 aromatic rings. The molecular formula is C13H22ClN3O3. The smallest absolute Gasteiger partial charge is 0.303 e. The Bertz CT molecular complexity index is 374. The van der Waals surface area contributed by atoms with Gasteiger partial charge >= 0.3 is 6.03 Å². The van der Waals surface area contributed by atoms with Gasteiger partial charge in [0.05, 0.1) is 0 Å². The number of rotatable bonds is 4. The van der Waals surface area contributed by atoms with Crippen LogP contribution in [0.2, 0.25) is 0 Å². The molecule has 0 atom stereocenters. The number of barbiturate groups is 1. The maximum Gasteiger partial charge on any atom is 0.328 e. The number of hydrogen-bond donors (Lipinski definition) is 2. The molecule has 0 aliphatic carbocycles. The number of likely N-dealkylation sites (tertiary alicyclic amines) is 1. The van der Waals surface area contributed by atoms with E-state index in [1.807, 2.05) is 6.92 Å². The van der Waals surface area contributed by atoms with E-state index < -0.39 is 23.3 Å². The molecule has 20 heavy (non-hydrogen) atoms. The lowest BCUT2D eigenvalue weighted by atomic mass is 9.78. The first-order valence-corrected chi connectivity index (χ1v) is 6.98. The van der Waals surface area contributed by atoms with Gasteiger partial charge in [0.2, 0.25) is 11.8 Å². The summed E-state index contributed by atoms with van der Waals surface area (Å²) in [6, 6.07) is -0.711. The topological polar surface area (TPSA) is 78.5 Å². The number of urea groups is 1. The van der Waals surface area contributed by atoms with E-state index in [0.29, 0.717) is 12.8 Å². The molecule has 6 nitrogen and oxygen atoms in total. The van der Waals surface area contributed by atoms with Crippen LogP contribution in [0.1, 0.15) is 39.0 Å². The number of imide groups is 2. The van der Waals surface area contributed by atoms with Crippen molar-refractivity contribution < 1.29 is 14.4 Å². The molecule has 4 amide bonds. The average molecular weight is 304 g/mol. The molecule has 7 heteroatoms. The molecule has 2 rings (SSSR count). The van der Waals surface area contributed by atoms with E-state index in [-0.39, 0.29) is 12.4 Å². The van der Waals surface area contributed by atoms with Crippen LogP contribution in [-0.4, -0.2) is 42.4 Å². The summed E-state index contributed by atoms with van der Waals surface area (Å²) in [4.78, 5) is 37.5. The fourth-order valence-corrected chi connectivity index (χ4v) is 2.84. The highest BCUT2D eigenvalue weighted by Gasteiger charge is 2.48. The highest BCUT2D eigenvalue weighted by Crippen LogP contribution is 2.30. The highest BCUT2D eigenvalue weighted by molar-refractivity contribution is 6.19. The van der Waals surface area contributed by atoms with Gasteiger partial charge in [-0.15, -0.1) is 12.4 Å². The number of nitrogens with zero attached hydrogens (tertiary/aromatic N) is 1. The molecule has 0 saturated carbocycles. The Kier molecular flexibility index (Phi) is 5.95. The van der Waals surface area contributed by atoms with Gasteiger partial charge in [-0.25, -0.2) is 4.79 Å². The highest BCUT2D eigenvalue weighted by atomic mass is 35.5. The van der Waals surface area contributed by atoms with Crippen molar-refractivity contribution in [2.75, 3.05) is 19.6 Å². The van der Waals surface area contributed by atoms with Gasteiger partial charge < -0.3 is 4.90 Å². The minimum Gasteiger partial charge on any atom is -0.303 e. The van der Waals surface area contributed by atoms with Crippen LogP contribution in [0.25, 0.3) is 0 Å². The lowest BCUT2D eigenvalue weighted by Gasteiger charge is -2.35. The van der Waals surface area contributed by atoms with Crippen molar-refractivity contribution in [3.8, 4) is 0 Å². The Morgan fingerprint density at radius 2 is 1.60 bits per heavy atom. The number of hydrogen-bond acceptors (Lipinski definition) is 4. The summed E-state index contributed by atoms with van der Waals surface area (Å²) >= 11 is 0. The molecule has 2 saturated heterocycles. The third kappa shape index (κ3) is 3.30. The van der Waals surface area contributed by atoms with E-state index in [2.05, 4.69) is 15.5 Å². The molecule has 2 N–H and O–H groups in total. The number of amides is 4. The van der Waals surface area contributed by atoms with Crippen molar-refractivity contribution in [3.05, 3.63) is 0 Å². The van der Waals surface area contributed by atoms with Crippen molar-refractivity contribution in [2.24, 2.45) is 5.41 Å². The molecule has 0 aromatic carbocycles. The second-order valence-corrected chi connectivity index (χ2v) is 5.33. The Morgan fingerprint density at radius 3 is 2.10 bits per heavy atom. The molecule has 0 spiro atoms. The van der Waals surface area contributed by atoms with Gasteiger partial charge in [0, 0.05) is 0 Å². The standard InChI is InChI=1S/C13H21N3O3.ClH/c1-2-13(6-9-16-7-4-3-5-8-16)10(17)14-12(19)15-11(13)18;/h2-9H2,1H3,(H2,14,15,17,18,19);1H. The maximum absolute atomic E-state index is 12.0. The molecule has 0 radical (unpaired) electrons. The molecule has 2 fully saturated rings. The van der Waals surface area contributed by atoms with Crippen LogP contribution in [0.15, 0.2) is 0 Å². The van der Waals surface area contributed by atoms with E-state index in [9.17, 15) is 14.4 Å². The van der Waals surface area contributed by atoms with Crippen molar-refractivity contribution in [3.63, 3.8) is 0 Å². The van der Waals surface area contributed by atoms with Gasteiger partial charge in [0.15, 0.2) is 0 Å². The van der Waals surface area contributed by atoms with Crippen LogP contribution >= 0.6 is 12.4 Å². The van der Waals surface area contributed by atoms with E-state index >= 15 is 0 Å². The minimum absolute atomic E-state index is 0. The van der Waals surface area contributed by atoms with Crippen LogP contribution in [0.5, 0.6) is 0 Å². The first-order valence-electron chi connectivity index (χ1n) is 6.98. The normalized spacial score (nSPS) is 22.8. The van der Waals surface area contributed by atoms with Gasteiger partial charge in [0.1, 0.15) is 5.41 Å². The number of carbonyl (C=O) groups excluding carboxylic acids is 3. The largest absolute Gasteiger partial charge is 0.328 e. The van der Waals surface area contributed by atoms with Crippen molar-refractivity contribution in [1.82, 2.24) is 15.5 Å². The zero-order valence-electron chi connectivity index (χ0n) is 11.7. The van der Waals surface area contributed by atoms with E-state index in [1.165, 1.54) is 19.3 Å². The monoisotopic (exact) mass is 303 g/mol. The molecule has 2 aliphatic rings. The predicted molar refractivity (Wildman–Crippen MR) is 76.6 cm³/mol. The predicted octanol–water partition coefficient (Wildman–Crippen LogP) is 1.05. The van der Waals surface area contributed by atoms with E-state index in [1.54, 1.807) is 0 Å². The molecule has 114 valence electrons. The minimum atomic E-state index is -1.09. The fourth-order valence-electron chi connectivity index (χ4n) is 2.84. The first kappa shape index (κ1) is 16.9. The van der Waals surface area contributed by atoms with Crippen LogP contribution < -0.4 is 10.6 Å². The summed E-state index contributed by atoms with van der Waals surface area (Å²) < 4.78 is 0. The van der Waals surface area contributed by atoms with Gasteiger partial charge in [-0.1, -0.05) is 13.3 Å². The molecule has 0 bridgehead atoms. The van der Waals surface area contributed by atoms with E-state index in [0.717, 1.165) is 19.6 Å². The number of carbonyl (C=O) groups is 3. The molecule has 2 aliphatic heterocycles. The molecular weight excluding hydrogens is 282 g/mol. The third-order valence-electron chi connectivity index (χ3n) is 4.23. The van der Waals surface area contributed by atoms with Crippen molar-refractivity contribution in [1.29, 1.82) is 0 Å². The molecule has 0 unspecified atom stereocenters. The quantitative estimate of drug-likeness (QED) is 0.761. The zero-order chi connectivity index (χ0) is 13.9. The SMILES string of the molecule is CCC1(CCN2CCCCC2)C(=O)NC(=O)NC1=O.Cl. The molecule has 2 heterocycles. The Hall–Kier alpha value is -1.14. The number of piperidine rings is 1. The second kappa shape index (κ2) is 7.04. The lowest BCUT2D eigenvalue weighted by molar-refractivity contribution is -0.145.